The van der Waals surface area contributed by atoms with Gasteiger partial charge >= 0.3 is 0 Å². The molecule has 0 aliphatic carbocycles. The van der Waals surface area contributed by atoms with Gasteiger partial charge < -0.3 is 5.32 Å². The van der Waals surface area contributed by atoms with Crippen molar-refractivity contribution < 1.29 is 13.2 Å². The first-order valence-electron chi connectivity index (χ1n) is 5.10. The molecule has 1 amide bonds. The van der Waals surface area contributed by atoms with Crippen molar-refractivity contribution in [3.8, 4) is 0 Å². The number of primary sulfonamides is 1. The predicted molar refractivity (Wildman–Crippen MR) is 70.4 cm³/mol. The molecule has 0 atom stereocenters. The fourth-order valence-electron chi connectivity index (χ4n) is 1.51. The number of nitrogens with two attached hydrogens (primary N) is 1. The lowest BCUT2D eigenvalue weighted by molar-refractivity contribution is 0.103. The number of amides is 1. The summed E-state index contributed by atoms with van der Waals surface area (Å²) in [5, 5.41) is 11.2. The highest BCUT2D eigenvalue weighted by Crippen LogP contribution is 2.22. The summed E-state index contributed by atoms with van der Waals surface area (Å²) in [5.41, 5.74) is 0.765. The van der Waals surface area contributed by atoms with Crippen molar-refractivity contribution in [1.29, 1.82) is 0 Å². The van der Waals surface area contributed by atoms with Crippen LogP contribution in [0.25, 0.3) is 0 Å². The van der Waals surface area contributed by atoms with E-state index in [1.54, 1.807) is 13.0 Å². The zero-order chi connectivity index (χ0) is 14.0. The highest BCUT2D eigenvalue weighted by atomic mass is 32.2. The van der Waals surface area contributed by atoms with Crippen molar-refractivity contribution >= 4 is 33.2 Å². The molecule has 0 spiro atoms. The Morgan fingerprint density at radius 3 is 2.74 bits per heavy atom. The molecule has 0 unspecified atom stereocenters. The van der Waals surface area contributed by atoms with E-state index in [9.17, 15) is 13.2 Å². The van der Waals surface area contributed by atoms with Gasteiger partial charge in [0.25, 0.3) is 5.91 Å². The summed E-state index contributed by atoms with van der Waals surface area (Å²) in [6, 6.07) is 4.48. The van der Waals surface area contributed by atoms with Crippen LogP contribution in [0.5, 0.6) is 0 Å². The van der Waals surface area contributed by atoms with Crippen molar-refractivity contribution in [3.05, 3.63) is 34.8 Å². The van der Waals surface area contributed by atoms with Gasteiger partial charge in [0.05, 0.1) is 11.1 Å². The van der Waals surface area contributed by atoms with Crippen molar-refractivity contribution in [2.45, 2.75) is 11.8 Å². The monoisotopic (exact) mass is 298 g/mol. The number of benzene rings is 1. The van der Waals surface area contributed by atoms with Crippen molar-refractivity contribution in [1.82, 2.24) is 9.59 Å². The van der Waals surface area contributed by atoms with Gasteiger partial charge in [0, 0.05) is 5.69 Å². The average molecular weight is 298 g/mol. The molecule has 0 radical (unpaired) electrons. The Kier molecular flexibility index (Phi) is 3.60. The van der Waals surface area contributed by atoms with E-state index in [0.29, 0.717) is 16.1 Å². The summed E-state index contributed by atoms with van der Waals surface area (Å²) in [4.78, 5) is 12.1. The number of rotatable bonds is 3. The van der Waals surface area contributed by atoms with Crippen LogP contribution >= 0.6 is 11.5 Å². The fraction of sp³-hybridized carbons (Fsp3) is 0.100. The Morgan fingerprint density at radius 1 is 1.42 bits per heavy atom. The number of carbonyl (C=O) groups is 1. The second kappa shape index (κ2) is 5.03. The fourth-order valence-corrected chi connectivity index (χ4v) is 2.72. The summed E-state index contributed by atoms with van der Waals surface area (Å²) in [6.07, 6.45) is 1.33. The minimum absolute atomic E-state index is 0.0206. The van der Waals surface area contributed by atoms with Gasteiger partial charge in [0.2, 0.25) is 10.0 Å². The van der Waals surface area contributed by atoms with Crippen LogP contribution in [-0.2, 0) is 10.0 Å². The average Bonchev–Trinajstić information content (AvgIpc) is 2.83. The van der Waals surface area contributed by atoms with Gasteiger partial charge in [-0.15, -0.1) is 5.10 Å². The molecular formula is C10H10N4O3S2. The minimum Gasteiger partial charge on any atom is -0.321 e. The van der Waals surface area contributed by atoms with E-state index >= 15 is 0 Å². The molecule has 2 rings (SSSR count). The van der Waals surface area contributed by atoms with E-state index < -0.39 is 15.9 Å². The first-order chi connectivity index (χ1) is 8.89. The lowest BCUT2D eigenvalue weighted by atomic mass is 10.2. The minimum atomic E-state index is -3.82. The molecule has 1 heterocycles. The molecule has 7 nitrogen and oxygen atoms in total. The molecule has 1 aromatic heterocycles. The number of carbonyl (C=O) groups excluding carboxylic acids is 1. The predicted octanol–water partition coefficient (Wildman–Crippen LogP) is 0.746. The van der Waals surface area contributed by atoms with Gasteiger partial charge in [-0.25, -0.2) is 13.6 Å². The second-order valence-corrected chi connectivity index (χ2v) is 6.03. The Morgan fingerprint density at radius 2 is 2.16 bits per heavy atom. The second-order valence-electron chi connectivity index (χ2n) is 3.71. The van der Waals surface area contributed by atoms with Gasteiger partial charge in [-0.3, -0.25) is 4.79 Å². The molecule has 2 aromatic rings. The van der Waals surface area contributed by atoms with Crippen LogP contribution in [0.2, 0.25) is 0 Å². The third-order valence-electron chi connectivity index (χ3n) is 2.42. The molecule has 100 valence electrons. The van der Waals surface area contributed by atoms with Crippen LogP contribution in [0.1, 0.15) is 15.2 Å². The summed E-state index contributed by atoms with van der Waals surface area (Å²) in [7, 11) is -3.82. The molecule has 0 saturated carbocycles. The van der Waals surface area contributed by atoms with Gasteiger partial charge in [-0.2, -0.15) is 0 Å². The highest BCUT2D eigenvalue weighted by molar-refractivity contribution is 7.89. The maximum atomic E-state index is 11.8. The Bertz CT molecular complexity index is 710. The molecule has 0 aliphatic rings. The van der Waals surface area contributed by atoms with E-state index in [1.807, 2.05) is 0 Å². The molecule has 3 N–H and O–H groups in total. The number of nitrogens with zero attached hydrogens (tertiary/aromatic N) is 2. The van der Waals surface area contributed by atoms with Crippen molar-refractivity contribution in [2.75, 3.05) is 5.32 Å². The van der Waals surface area contributed by atoms with Gasteiger partial charge in [0.1, 0.15) is 4.88 Å². The molecule has 0 fully saturated rings. The van der Waals surface area contributed by atoms with Crippen LogP contribution in [0.3, 0.4) is 0 Å². The normalized spacial score (nSPS) is 11.3. The van der Waals surface area contributed by atoms with Crippen LogP contribution in [-0.4, -0.2) is 23.9 Å². The van der Waals surface area contributed by atoms with Crippen LogP contribution in [0, 0.1) is 6.92 Å². The first-order valence-corrected chi connectivity index (χ1v) is 7.42. The van der Waals surface area contributed by atoms with Crippen molar-refractivity contribution in [3.63, 3.8) is 0 Å². The highest BCUT2D eigenvalue weighted by Gasteiger charge is 2.16. The number of hydrogen-bond donors (Lipinski definition) is 2. The van der Waals surface area contributed by atoms with E-state index in [4.69, 9.17) is 5.14 Å². The summed E-state index contributed by atoms with van der Waals surface area (Å²) in [5.74, 6) is -0.398. The molecule has 0 aliphatic heterocycles. The largest absolute Gasteiger partial charge is 0.321 e. The zero-order valence-corrected chi connectivity index (χ0v) is 11.5. The maximum Gasteiger partial charge on any atom is 0.269 e. The lowest BCUT2D eigenvalue weighted by Gasteiger charge is -2.10. The summed E-state index contributed by atoms with van der Waals surface area (Å²) in [6.45, 7) is 1.57. The lowest BCUT2D eigenvalue weighted by Crippen LogP contribution is -2.16. The SMILES string of the molecule is Cc1c(NC(=O)c2cnns2)cccc1S(N)(=O)=O. The van der Waals surface area contributed by atoms with Crippen LogP contribution in [0.4, 0.5) is 5.69 Å². The topological polar surface area (TPSA) is 115 Å². The standard InChI is InChI=1S/C10H10N4O3S2/c1-6-7(3-2-4-9(6)19(11,16)17)13-10(15)8-5-12-14-18-8/h2-5H,1H3,(H,13,15)(H2,11,16,17). The number of nitrogens with one attached hydrogen (secondary N) is 1. The number of hydrogen-bond acceptors (Lipinski definition) is 6. The zero-order valence-electron chi connectivity index (χ0n) is 9.82. The van der Waals surface area contributed by atoms with Crippen LogP contribution in [0.15, 0.2) is 29.3 Å². The summed E-state index contributed by atoms with van der Waals surface area (Å²) < 4.78 is 26.3. The van der Waals surface area contributed by atoms with E-state index in [0.717, 1.165) is 11.5 Å². The number of anilines is 1. The molecule has 0 saturated heterocycles. The van der Waals surface area contributed by atoms with E-state index in [-0.39, 0.29) is 4.90 Å². The number of aromatic nitrogens is 2. The third kappa shape index (κ3) is 2.95. The van der Waals surface area contributed by atoms with Gasteiger partial charge in [0.15, 0.2) is 0 Å². The number of sulfonamides is 1. The molecule has 0 bridgehead atoms. The van der Waals surface area contributed by atoms with Crippen LogP contribution < -0.4 is 10.5 Å². The molecule has 19 heavy (non-hydrogen) atoms. The Labute approximate surface area is 113 Å². The van der Waals surface area contributed by atoms with Crippen molar-refractivity contribution in [2.24, 2.45) is 5.14 Å². The third-order valence-corrected chi connectivity index (χ3v) is 4.14. The smallest absolute Gasteiger partial charge is 0.269 e. The van der Waals surface area contributed by atoms with Gasteiger partial charge in [-0.05, 0) is 36.2 Å². The molecular weight excluding hydrogens is 288 g/mol. The van der Waals surface area contributed by atoms with E-state index in [1.165, 1.54) is 18.3 Å². The maximum absolute atomic E-state index is 11.8. The Hall–Kier alpha value is -1.84. The Balaban J connectivity index is 2.35. The van der Waals surface area contributed by atoms with E-state index in [2.05, 4.69) is 14.9 Å². The quantitative estimate of drug-likeness (QED) is 0.867. The first kappa shape index (κ1) is 13.6. The van der Waals surface area contributed by atoms with Gasteiger partial charge in [-0.1, -0.05) is 10.6 Å². The molecule has 9 heteroatoms. The molecule has 1 aromatic carbocycles. The summed E-state index contributed by atoms with van der Waals surface area (Å²) >= 11 is 0.950.